The third kappa shape index (κ3) is 3.49. The Bertz CT molecular complexity index is 866. The van der Waals surface area contributed by atoms with Gasteiger partial charge in [0.15, 0.2) is 5.54 Å². The van der Waals surface area contributed by atoms with Crippen LogP contribution < -0.4 is 0 Å². The van der Waals surface area contributed by atoms with Crippen molar-refractivity contribution in [3.63, 3.8) is 0 Å². The molecule has 0 aromatic heterocycles. The highest BCUT2D eigenvalue weighted by Crippen LogP contribution is 2.44. The lowest BCUT2D eigenvalue weighted by molar-refractivity contribution is -0.158. The molecule has 2 aromatic rings. The van der Waals surface area contributed by atoms with Crippen LogP contribution in [0.2, 0.25) is 0 Å². The second-order valence-electron chi connectivity index (χ2n) is 7.38. The van der Waals surface area contributed by atoms with E-state index in [0.29, 0.717) is 0 Å². The summed E-state index contributed by atoms with van der Waals surface area (Å²) in [5.41, 5.74) is 2.96. The van der Waals surface area contributed by atoms with Crippen LogP contribution in [0.4, 0.5) is 4.79 Å². The molecule has 0 saturated heterocycles. The first-order valence-corrected chi connectivity index (χ1v) is 9.75. The predicted molar refractivity (Wildman–Crippen MR) is 110 cm³/mol. The average molecular weight is 397 g/mol. The maximum absolute atomic E-state index is 12.9. The zero-order chi connectivity index (χ0) is 21.2. The van der Waals surface area contributed by atoms with Crippen molar-refractivity contribution in [2.24, 2.45) is 0 Å². The van der Waals surface area contributed by atoms with Gasteiger partial charge in [0.1, 0.15) is 6.61 Å². The molecule has 0 spiro atoms. The molecule has 0 bridgehead atoms. The molecule has 6 heteroatoms. The van der Waals surface area contributed by atoms with E-state index in [9.17, 15) is 14.7 Å². The molecule has 0 radical (unpaired) electrons. The lowest BCUT2D eigenvalue weighted by atomic mass is 9.93. The minimum Gasteiger partial charge on any atom is -0.479 e. The molecule has 1 aliphatic rings. The third-order valence-corrected chi connectivity index (χ3v) is 6.01. The number of carbonyl (C=O) groups excluding carboxylic acids is 1. The van der Waals surface area contributed by atoms with Crippen molar-refractivity contribution in [3.05, 3.63) is 59.7 Å². The molecular formula is C23H27NO5. The first kappa shape index (κ1) is 20.9. The molecule has 0 heterocycles. The summed E-state index contributed by atoms with van der Waals surface area (Å²) >= 11 is 0. The Morgan fingerprint density at radius 3 is 2.07 bits per heavy atom. The average Bonchev–Trinajstić information content (AvgIpc) is 3.05. The zero-order valence-electron chi connectivity index (χ0n) is 17.2. The van der Waals surface area contributed by atoms with Crippen LogP contribution in [0.1, 0.15) is 37.8 Å². The number of carboxylic acids is 1. The molecular weight excluding hydrogens is 370 g/mol. The zero-order valence-corrected chi connectivity index (χ0v) is 17.2. The van der Waals surface area contributed by atoms with Gasteiger partial charge >= 0.3 is 12.1 Å². The van der Waals surface area contributed by atoms with Crippen molar-refractivity contribution in [3.8, 4) is 11.1 Å². The van der Waals surface area contributed by atoms with Gasteiger partial charge in [-0.3, -0.25) is 4.90 Å². The number of carbonyl (C=O) groups is 2. The number of rotatable bonds is 7. The number of methoxy groups -OCH3 is 1. The van der Waals surface area contributed by atoms with Gasteiger partial charge in [-0.25, -0.2) is 9.59 Å². The van der Waals surface area contributed by atoms with Crippen LogP contribution in [0.15, 0.2) is 48.5 Å². The Labute approximate surface area is 171 Å². The molecule has 154 valence electrons. The third-order valence-electron chi connectivity index (χ3n) is 6.01. The normalized spacial score (nSPS) is 15.7. The van der Waals surface area contributed by atoms with Crippen molar-refractivity contribution in [2.75, 3.05) is 20.3 Å². The second-order valence-corrected chi connectivity index (χ2v) is 7.38. The maximum Gasteiger partial charge on any atom is 0.410 e. The largest absolute Gasteiger partial charge is 0.479 e. The first-order valence-electron chi connectivity index (χ1n) is 9.75. The number of carboxylic acid groups (broad SMARTS) is 1. The van der Waals surface area contributed by atoms with Crippen LogP contribution >= 0.6 is 0 Å². The molecule has 2 atom stereocenters. The molecule has 29 heavy (non-hydrogen) atoms. The smallest absolute Gasteiger partial charge is 0.410 e. The molecule has 3 rings (SSSR count). The van der Waals surface area contributed by atoms with Gasteiger partial charge in [-0.05, 0) is 43.0 Å². The molecule has 0 fully saturated rings. The number of fused-ring (bicyclic) bond motifs is 3. The molecule has 2 aromatic carbocycles. The number of aliphatic carboxylic acids is 1. The first-order chi connectivity index (χ1) is 13.9. The van der Waals surface area contributed by atoms with Gasteiger partial charge in [-0.15, -0.1) is 0 Å². The van der Waals surface area contributed by atoms with Gasteiger partial charge in [-0.1, -0.05) is 48.5 Å². The highest BCUT2D eigenvalue weighted by atomic mass is 16.6. The molecule has 0 aliphatic heterocycles. The van der Waals surface area contributed by atoms with E-state index < -0.39 is 23.7 Å². The predicted octanol–water partition coefficient (Wildman–Crippen LogP) is 4.14. The number of hydrogen-bond donors (Lipinski definition) is 1. The standard InChI is InChI=1S/C23H27NO5/c1-5-24(23(3,21(25)26)15(2)28-4)22(27)29-14-20-18-12-8-6-10-16(18)17-11-7-9-13-19(17)20/h6-13,15,20H,5,14H2,1-4H3,(H,25,26). The summed E-state index contributed by atoms with van der Waals surface area (Å²) in [5.74, 6) is -1.22. The summed E-state index contributed by atoms with van der Waals surface area (Å²) in [6.45, 7) is 5.17. The topological polar surface area (TPSA) is 76.1 Å². The van der Waals surface area contributed by atoms with Crippen LogP contribution in [0, 0.1) is 0 Å². The highest BCUT2D eigenvalue weighted by molar-refractivity contribution is 5.85. The summed E-state index contributed by atoms with van der Waals surface area (Å²) in [4.78, 5) is 26.1. The van der Waals surface area contributed by atoms with Gasteiger partial charge < -0.3 is 14.6 Å². The summed E-state index contributed by atoms with van der Waals surface area (Å²) < 4.78 is 10.9. The van der Waals surface area contributed by atoms with Gasteiger partial charge in [0, 0.05) is 19.6 Å². The van der Waals surface area contributed by atoms with Gasteiger partial charge in [-0.2, -0.15) is 0 Å². The number of nitrogens with zero attached hydrogens (tertiary/aromatic N) is 1. The fourth-order valence-electron chi connectivity index (χ4n) is 4.06. The number of hydrogen-bond acceptors (Lipinski definition) is 4. The molecule has 1 aliphatic carbocycles. The van der Waals surface area contributed by atoms with Crippen molar-refractivity contribution in [1.82, 2.24) is 4.90 Å². The van der Waals surface area contributed by atoms with E-state index >= 15 is 0 Å². The minimum atomic E-state index is -1.54. The Morgan fingerprint density at radius 2 is 1.62 bits per heavy atom. The Balaban J connectivity index is 1.84. The monoisotopic (exact) mass is 397 g/mol. The Kier molecular flexibility index (Phi) is 5.94. The minimum absolute atomic E-state index is 0.0824. The second kappa shape index (κ2) is 8.25. The summed E-state index contributed by atoms with van der Waals surface area (Å²) in [7, 11) is 1.43. The lowest BCUT2D eigenvalue weighted by Crippen LogP contribution is -2.61. The number of amides is 1. The van der Waals surface area contributed by atoms with Crippen LogP contribution in [0.5, 0.6) is 0 Å². The van der Waals surface area contributed by atoms with Crippen LogP contribution in [-0.4, -0.2) is 54.0 Å². The lowest BCUT2D eigenvalue weighted by Gasteiger charge is -2.40. The van der Waals surface area contributed by atoms with E-state index in [1.807, 2.05) is 36.4 Å². The quantitative estimate of drug-likeness (QED) is 0.760. The van der Waals surface area contributed by atoms with Crippen LogP contribution in [0.25, 0.3) is 11.1 Å². The van der Waals surface area contributed by atoms with E-state index in [1.165, 1.54) is 18.9 Å². The summed E-state index contributed by atoms with van der Waals surface area (Å²) in [6.07, 6.45) is -1.37. The molecule has 1 N–H and O–H groups in total. The van der Waals surface area contributed by atoms with Gasteiger partial charge in [0.25, 0.3) is 0 Å². The fourth-order valence-corrected chi connectivity index (χ4v) is 4.06. The van der Waals surface area contributed by atoms with Crippen LogP contribution in [-0.2, 0) is 14.3 Å². The van der Waals surface area contributed by atoms with E-state index in [4.69, 9.17) is 9.47 Å². The van der Waals surface area contributed by atoms with E-state index in [1.54, 1.807) is 13.8 Å². The van der Waals surface area contributed by atoms with E-state index in [2.05, 4.69) is 12.1 Å². The number of likely N-dealkylation sites (N-methyl/N-ethyl adjacent to an activating group) is 1. The van der Waals surface area contributed by atoms with Crippen molar-refractivity contribution in [1.29, 1.82) is 0 Å². The van der Waals surface area contributed by atoms with Gasteiger partial charge in [0.2, 0.25) is 0 Å². The maximum atomic E-state index is 12.9. The molecule has 1 amide bonds. The Hall–Kier alpha value is -2.86. The van der Waals surface area contributed by atoms with Gasteiger partial charge in [0.05, 0.1) is 6.10 Å². The molecule has 0 saturated carbocycles. The van der Waals surface area contributed by atoms with Crippen molar-refractivity contribution >= 4 is 12.1 Å². The van der Waals surface area contributed by atoms with E-state index in [0.717, 1.165) is 22.3 Å². The van der Waals surface area contributed by atoms with Crippen LogP contribution in [0.3, 0.4) is 0 Å². The summed E-state index contributed by atoms with van der Waals surface area (Å²) in [6, 6.07) is 16.1. The SMILES string of the molecule is CCN(C(=O)OCC1c2ccccc2-c2ccccc21)C(C)(C(=O)O)C(C)OC. The Morgan fingerprint density at radius 1 is 1.10 bits per heavy atom. The van der Waals surface area contributed by atoms with Crippen molar-refractivity contribution < 1.29 is 24.2 Å². The fraction of sp³-hybridized carbons (Fsp3) is 0.391. The highest BCUT2D eigenvalue weighted by Gasteiger charge is 2.48. The number of benzene rings is 2. The van der Waals surface area contributed by atoms with Crippen molar-refractivity contribution in [2.45, 2.75) is 38.3 Å². The molecule has 6 nitrogen and oxygen atoms in total. The van der Waals surface area contributed by atoms with E-state index in [-0.39, 0.29) is 19.1 Å². The molecule has 2 unspecified atom stereocenters. The summed E-state index contributed by atoms with van der Waals surface area (Å²) in [5, 5.41) is 9.80. The number of ether oxygens (including phenoxy) is 2.